The summed E-state index contributed by atoms with van der Waals surface area (Å²) in [6.07, 6.45) is 2.35. The molecule has 5 heteroatoms. The summed E-state index contributed by atoms with van der Waals surface area (Å²) in [5.41, 5.74) is 3.33. The second kappa shape index (κ2) is 5.52. The Labute approximate surface area is 108 Å². The van der Waals surface area contributed by atoms with Gasteiger partial charge in [-0.1, -0.05) is 0 Å². The summed E-state index contributed by atoms with van der Waals surface area (Å²) in [4.78, 5) is 11.5. The predicted molar refractivity (Wildman–Crippen MR) is 68.3 cm³/mol. The van der Waals surface area contributed by atoms with E-state index >= 15 is 0 Å². The molecule has 0 spiro atoms. The van der Waals surface area contributed by atoms with E-state index in [0.29, 0.717) is 12.6 Å². The Bertz CT molecular complexity index is 434. The average Bonchev–Trinajstić information content (AvgIpc) is 2.89. The Hall–Kier alpha value is -1.36. The summed E-state index contributed by atoms with van der Waals surface area (Å²) in [7, 11) is 0. The summed E-state index contributed by atoms with van der Waals surface area (Å²) in [5, 5.41) is 7.93. The van der Waals surface area contributed by atoms with Crippen LogP contribution in [0.3, 0.4) is 0 Å². The minimum atomic E-state index is -0.228. The van der Waals surface area contributed by atoms with Gasteiger partial charge in [-0.05, 0) is 40.2 Å². The zero-order valence-electron chi connectivity index (χ0n) is 11.3. The molecule has 0 amide bonds. The molecule has 18 heavy (non-hydrogen) atoms. The van der Waals surface area contributed by atoms with Crippen molar-refractivity contribution >= 4 is 5.97 Å². The van der Waals surface area contributed by atoms with Crippen LogP contribution < -0.4 is 5.32 Å². The highest BCUT2D eigenvalue weighted by Gasteiger charge is 2.24. The van der Waals surface area contributed by atoms with Crippen molar-refractivity contribution in [1.29, 1.82) is 0 Å². The number of carbonyl (C=O) groups is 1. The van der Waals surface area contributed by atoms with E-state index in [2.05, 4.69) is 10.4 Å². The molecule has 1 N–H and O–H groups in total. The Morgan fingerprint density at radius 1 is 1.56 bits per heavy atom. The van der Waals surface area contributed by atoms with Gasteiger partial charge in [-0.15, -0.1) is 0 Å². The van der Waals surface area contributed by atoms with Gasteiger partial charge in [0.2, 0.25) is 0 Å². The lowest BCUT2D eigenvalue weighted by molar-refractivity contribution is -0.144. The molecule has 1 aromatic heterocycles. The third-order valence-corrected chi connectivity index (χ3v) is 3.43. The summed E-state index contributed by atoms with van der Waals surface area (Å²) in [6, 6.07) is 0.390. The first kappa shape index (κ1) is 13.1. The molecular weight excluding hydrogens is 230 g/mol. The molecule has 0 aliphatic carbocycles. The van der Waals surface area contributed by atoms with Crippen LogP contribution in [0.4, 0.5) is 0 Å². The highest BCUT2D eigenvalue weighted by Crippen LogP contribution is 2.28. The molecular formula is C13H21N3O2. The number of hydrogen-bond donors (Lipinski definition) is 1. The molecule has 1 saturated heterocycles. The Morgan fingerprint density at radius 2 is 2.33 bits per heavy atom. The first-order valence-electron chi connectivity index (χ1n) is 6.56. The summed E-state index contributed by atoms with van der Waals surface area (Å²) in [6.45, 7) is 7.51. The lowest BCUT2D eigenvalue weighted by atomic mass is 10.0. The second-order valence-electron chi connectivity index (χ2n) is 4.70. The normalized spacial score (nSPS) is 19.2. The van der Waals surface area contributed by atoms with E-state index in [4.69, 9.17) is 4.74 Å². The number of ether oxygens (including phenoxy) is 1. The van der Waals surface area contributed by atoms with Gasteiger partial charge in [0, 0.05) is 17.3 Å². The quantitative estimate of drug-likeness (QED) is 0.824. The molecule has 100 valence electrons. The maximum absolute atomic E-state index is 11.5. The molecule has 2 heterocycles. The van der Waals surface area contributed by atoms with Crippen LogP contribution in [0.5, 0.6) is 0 Å². The second-order valence-corrected chi connectivity index (χ2v) is 4.70. The van der Waals surface area contributed by atoms with E-state index in [1.54, 1.807) is 4.68 Å². The molecule has 5 nitrogen and oxygen atoms in total. The molecule has 1 fully saturated rings. The van der Waals surface area contributed by atoms with Gasteiger partial charge < -0.3 is 10.1 Å². The number of carbonyl (C=O) groups excluding carboxylic acids is 1. The van der Waals surface area contributed by atoms with Gasteiger partial charge in [0.05, 0.1) is 12.3 Å². The zero-order valence-corrected chi connectivity index (χ0v) is 11.3. The van der Waals surface area contributed by atoms with Crippen molar-refractivity contribution in [3.05, 3.63) is 17.0 Å². The highest BCUT2D eigenvalue weighted by molar-refractivity contribution is 5.69. The van der Waals surface area contributed by atoms with Crippen LogP contribution in [0.15, 0.2) is 0 Å². The Balaban J connectivity index is 2.17. The van der Waals surface area contributed by atoms with Crippen LogP contribution in [0.2, 0.25) is 0 Å². The highest BCUT2D eigenvalue weighted by atomic mass is 16.5. The van der Waals surface area contributed by atoms with Crippen molar-refractivity contribution in [3.63, 3.8) is 0 Å². The van der Waals surface area contributed by atoms with Crippen molar-refractivity contribution in [2.45, 2.75) is 46.2 Å². The largest absolute Gasteiger partial charge is 0.465 e. The van der Waals surface area contributed by atoms with Gasteiger partial charge in [0.15, 0.2) is 0 Å². The van der Waals surface area contributed by atoms with Gasteiger partial charge in [-0.25, -0.2) is 0 Å². The zero-order chi connectivity index (χ0) is 13.1. The molecule has 1 aliphatic heterocycles. The summed E-state index contributed by atoms with van der Waals surface area (Å²) < 4.78 is 6.71. The topological polar surface area (TPSA) is 56.2 Å². The Kier molecular flexibility index (Phi) is 4.01. The van der Waals surface area contributed by atoms with Crippen molar-refractivity contribution < 1.29 is 9.53 Å². The average molecular weight is 251 g/mol. The van der Waals surface area contributed by atoms with Crippen molar-refractivity contribution in [3.8, 4) is 0 Å². The van der Waals surface area contributed by atoms with E-state index < -0.39 is 0 Å². The van der Waals surface area contributed by atoms with Gasteiger partial charge >= 0.3 is 5.97 Å². The van der Waals surface area contributed by atoms with E-state index in [9.17, 15) is 4.79 Å². The lowest BCUT2D eigenvalue weighted by Gasteiger charge is -2.11. The van der Waals surface area contributed by atoms with Crippen LogP contribution in [0.1, 0.15) is 42.8 Å². The number of aryl methyl sites for hydroxylation is 1. The van der Waals surface area contributed by atoms with E-state index in [1.807, 2.05) is 20.8 Å². The van der Waals surface area contributed by atoms with E-state index in [-0.39, 0.29) is 12.5 Å². The van der Waals surface area contributed by atoms with Crippen LogP contribution >= 0.6 is 0 Å². The molecule has 1 aromatic rings. The SMILES string of the molecule is CCOC(=O)Cn1nc(C)c(C2CCCN2)c1C. The molecule has 0 aromatic carbocycles. The standard InChI is InChI=1S/C13H21N3O2/c1-4-18-12(17)8-16-10(3)13(9(2)15-16)11-6-5-7-14-11/h11,14H,4-8H2,1-3H3. The van der Waals surface area contributed by atoms with Gasteiger partial charge in [0.1, 0.15) is 6.54 Å². The van der Waals surface area contributed by atoms with Gasteiger partial charge in [0.25, 0.3) is 0 Å². The van der Waals surface area contributed by atoms with E-state index in [1.165, 1.54) is 12.0 Å². The number of aromatic nitrogens is 2. The number of rotatable bonds is 4. The van der Waals surface area contributed by atoms with Gasteiger partial charge in [-0.2, -0.15) is 5.10 Å². The minimum absolute atomic E-state index is 0.202. The smallest absolute Gasteiger partial charge is 0.327 e. The third kappa shape index (κ3) is 2.56. The molecule has 0 bridgehead atoms. The molecule has 1 unspecified atom stereocenters. The maximum Gasteiger partial charge on any atom is 0.327 e. The molecule has 0 radical (unpaired) electrons. The van der Waals surface area contributed by atoms with Crippen LogP contribution in [0.25, 0.3) is 0 Å². The third-order valence-electron chi connectivity index (χ3n) is 3.43. The van der Waals surface area contributed by atoms with Crippen molar-refractivity contribution in [2.24, 2.45) is 0 Å². The van der Waals surface area contributed by atoms with Gasteiger partial charge in [-0.3, -0.25) is 9.48 Å². The Morgan fingerprint density at radius 3 is 2.94 bits per heavy atom. The number of esters is 1. The molecule has 1 aliphatic rings. The monoisotopic (exact) mass is 251 g/mol. The first-order chi connectivity index (χ1) is 8.63. The van der Waals surface area contributed by atoms with Crippen LogP contribution in [0, 0.1) is 13.8 Å². The van der Waals surface area contributed by atoms with Crippen molar-refractivity contribution in [2.75, 3.05) is 13.2 Å². The molecule has 2 rings (SSSR count). The van der Waals surface area contributed by atoms with Crippen LogP contribution in [-0.2, 0) is 16.1 Å². The fraction of sp³-hybridized carbons (Fsp3) is 0.692. The fourth-order valence-electron chi connectivity index (χ4n) is 2.63. The lowest BCUT2D eigenvalue weighted by Crippen LogP contribution is -2.17. The van der Waals surface area contributed by atoms with Crippen molar-refractivity contribution in [1.82, 2.24) is 15.1 Å². The summed E-state index contributed by atoms with van der Waals surface area (Å²) in [5.74, 6) is -0.228. The first-order valence-corrected chi connectivity index (χ1v) is 6.56. The number of hydrogen-bond acceptors (Lipinski definition) is 4. The molecule has 0 saturated carbocycles. The predicted octanol–water partition coefficient (Wildman–Crippen LogP) is 1.49. The summed E-state index contributed by atoms with van der Waals surface area (Å²) >= 11 is 0. The van der Waals surface area contributed by atoms with E-state index in [0.717, 1.165) is 24.4 Å². The van der Waals surface area contributed by atoms with Crippen LogP contribution in [-0.4, -0.2) is 28.9 Å². The fourth-order valence-corrected chi connectivity index (χ4v) is 2.63. The number of nitrogens with one attached hydrogen (secondary N) is 1. The molecule has 1 atom stereocenters. The minimum Gasteiger partial charge on any atom is -0.465 e. The maximum atomic E-state index is 11.5. The number of nitrogens with zero attached hydrogens (tertiary/aromatic N) is 2.